The van der Waals surface area contributed by atoms with E-state index in [0.29, 0.717) is 17.3 Å². The number of methoxy groups -OCH3 is 1. The van der Waals surface area contributed by atoms with Crippen LogP contribution in [0.25, 0.3) is 12.2 Å². The molecule has 0 spiro atoms. The van der Waals surface area contributed by atoms with E-state index in [4.69, 9.17) is 4.74 Å². The number of nitrogens with one attached hydrogen (secondary N) is 2. The first-order valence-electron chi connectivity index (χ1n) is 11.8. The Labute approximate surface area is 206 Å². The number of piperazine rings is 1. The fourth-order valence-electron chi connectivity index (χ4n) is 4.00. The van der Waals surface area contributed by atoms with Crippen molar-refractivity contribution in [1.82, 2.24) is 20.2 Å². The predicted molar refractivity (Wildman–Crippen MR) is 141 cm³/mol. The van der Waals surface area contributed by atoms with Gasteiger partial charge in [-0.25, -0.2) is 9.97 Å². The van der Waals surface area contributed by atoms with Crippen molar-refractivity contribution in [1.29, 1.82) is 0 Å². The molecule has 182 valence electrons. The Morgan fingerprint density at radius 3 is 2.31 bits per heavy atom. The second kappa shape index (κ2) is 11.5. The van der Waals surface area contributed by atoms with Crippen molar-refractivity contribution in [3.8, 4) is 5.75 Å². The van der Waals surface area contributed by atoms with E-state index in [-0.39, 0.29) is 5.91 Å². The van der Waals surface area contributed by atoms with Crippen molar-refractivity contribution < 1.29 is 9.53 Å². The summed E-state index contributed by atoms with van der Waals surface area (Å²) >= 11 is 0. The Morgan fingerprint density at radius 1 is 1.00 bits per heavy atom. The lowest BCUT2D eigenvalue weighted by atomic mass is 10.1. The van der Waals surface area contributed by atoms with Crippen molar-refractivity contribution in [3.05, 3.63) is 71.5 Å². The van der Waals surface area contributed by atoms with Crippen LogP contribution in [-0.2, 0) is 0 Å². The monoisotopic (exact) mass is 472 g/mol. The second-order valence-corrected chi connectivity index (χ2v) is 8.34. The third-order valence-corrected chi connectivity index (χ3v) is 6.10. The molecule has 1 aliphatic rings. The third kappa shape index (κ3) is 6.36. The summed E-state index contributed by atoms with van der Waals surface area (Å²) < 4.78 is 5.31. The van der Waals surface area contributed by atoms with E-state index in [1.807, 2.05) is 24.3 Å². The molecule has 8 heteroatoms. The van der Waals surface area contributed by atoms with Crippen LogP contribution in [0.3, 0.4) is 0 Å². The number of ether oxygens (including phenoxy) is 1. The lowest BCUT2D eigenvalue weighted by Gasteiger charge is -2.35. The highest BCUT2D eigenvalue weighted by molar-refractivity contribution is 5.95. The van der Waals surface area contributed by atoms with E-state index < -0.39 is 0 Å². The number of hydrogen-bond donors (Lipinski definition) is 2. The van der Waals surface area contributed by atoms with Crippen molar-refractivity contribution in [3.63, 3.8) is 0 Å². The van der Waals surface area contributed by atoms with Gasteiger partial charge >= 0.3 is 0 Å². The van der Waals surface area contributed by atoms with E-state index in [1.54, 1.807) is 32.6 Å². The molecule has 3 aromatic rings. The molecule has 1 amide bonds. The number of amides is 1. The fraction of sp³-hybridized carbons (Fsp3) is 0.296. The summed E-state index contributed by atoms with van der Waals surface area (Å²) in [5.74, 6) is 0.995. The van der Waals surface area contributed by atoms with Gasteiger partial charge in [0, 0.05) is 68.1 Å². The van der Waals surface area contributed by atoms with Gasteiger partial charge in [-0.05, 0) is 54.6 Å². The second-order valence-electron chi connectivity index (χ2n) is 8.34. The zero-order valence-electron chi connectivity index (χ0n) is 20.5. The summed E-state index contributed by atoms with van der Waals surface area (Å²) in [6, 6.07) is 13.8. The van der Waals surface area contributed by atoms with Crippen molar-refractivity contribution in [2.45, 2.75) is 6.92 Å². The highest BCUT2D eigenvalue weighted by atomic mass is 16.5. The predicted octanol–water partition coefficient (Wildman–Crippen LogP) is 3.90. The number of rotatable bonds is 8. The molecule has 2 N–H and O–H groups in total. The Morgan fingerprint density at radius 2 is 1.69 bits per heavy atom. The molecule has 0 aliphatic carbocycles. The van der Waals surface area contributed by atoms with Crippen LogP contribution in [0.1, 0.15) is 28.4 Å². The maximum Gasteiger partial charge on any atom is 0.251 e. The van der Waals surface area contributed by atoms with Gasteiger partial charge < -0.3 is 25.2 Å². The number of aromatic nitrogens is 2. The summed E-state index contributed by atoms with van der Waals surface area (Å²) in [4.78, 5) is 25.8. The molecule has 0 bridgehead atoms. The minimum Gasteiger partial charge on any atom is -0.497 e. The minimum atomic E-state index is -0.163. The van der Waals surface area contributed by atoms with Gasteiger partial charge in [-0.3, -0.25) is 4.79 Å². The molecule has 0 saturated carbocycles. The van der Waals surface area contributed by atoms with Crippen molar-refractivity contribution in [2.24, 2.45) is 0 Å². The van der Waals surface area contributed by atoms with Gasteiger partial charge in [0.1, 0.15) is 5.75 Å². The van der Waals surface area contributed by atoms with Crippen LogP contribution in [0.2, 0.25) is 0 Å². The van der Waals surface area contributed by atoms with Crippen molar-refractivity contribution in [2.75, 3.05) is 57.1 Å². The quantitative estimate of drug-likeness (QED) is 0.515. The number of carbonyl (C=O) groups is 1. The lowest BCUT2D eigenvalue weighted by molar-refractivity contribution is 0.0962. The molecular weight excluding hydrogens is 440 g/mol. The largest absolute Gasteiger partial charge is 0.497 e. The number of anilines is 3. The number of benzene rings is 2. The maximum atomic E-state index is 12.0. The molecule has 35 heavy (non-hydrogen) atoms. The standard InChI is InChI=1S/C27H32N6O2/c1-4-32-11-13-33(14-12-32)24-9-7-23(8-10-24)31-27-29-18-21(19-30-27)6-5-20-15-22(26(34)28-2)17-25(16-20)35-3/h5-10,15-19H,4,11-14H2,1-3H3,(H,28,34)(H,29,30,31)/b6-5+. The number of hydrogen-bond acceptors (Lipinski definition) is 7. The van der Waals surface area contributed by atoms with Gasteiger partial charge in [0.05, 0.1) is 7.11 Å². The molecule has 1 fully saturated rings. The summed E-state index contributed by atoms with van der Waals surface area (Å²) in [5.41, 5.74) is 4.42. The van der Waals surface area contributed by atoms with Crippen LogP contribution in [0, 0.1) is 0 Å². The zero-order valence-corrected chi connectivity index (χ0v) is 20.5. The van der Waals surface area contributed by atoms with Crippen LogP contribution in [0.5, 0.6) is 5.75 Å². The van der Waals surface area contributed by atoms with E-state index in [0.717, 1.165) is 49.5 Å². The van der Waals surface area contributed by atoms with Gasteiger partial charge in [0.2, 0.25) is 5.95 Å². The normalized spacial score (nSPS) is 14.2. The maximum absolute atomic E-state index is 12.0. The first-order valence-corrected chi connectivity index (χ1v) is 11.8. The first-order chi connectivity index (χ1) is 17.1. The Bertz CT molecular complexity index is 1150. The zero-order chi connectivity index (χ0) is 24.6. The molecule has 4 rings (SSSR count). The summed E-state index contributed by atoms with van der Waals surface area (Å²) in [5, 5.41) is 5.89. The average molecular weight is 473 g/mol. The van der Waals surface area contributed by atoms with Gasteiger partial charge in [-0.2, -0.15) is 0 Å². The Balaban J connectivity index is 1.37. The molecule has 8 nitrogen and oxygen atoms in total. The number of carbonyl (C=O) groups excluding carboxylic acids is 1. The smallest absolute Gasteiger partial charge is 0.251 e. The first kappa shape index (κ1) is 24.2. The molecule has 0 unspecified atom stereocenters. The van der Waals surface area contributed by atoms with Crippen LogP contribution in [-0.4, -0.2) is 67.7 Å². The Kier molecular flexibility index (Phi) is 7.95. The topological polar surface area (TPSA) is 82.6 Å². The average Bonchev–Trinajstić information content (AvgIpc) is 2.92. The SMILES string of the molecule is CCN1CCN(c2ccc(Nc3ncc(/C=C/c4cc(OC)cc(C(=O)NC)c4)cn3)cc2)CC1. The van der Waals surface area contributed by atoms with Gasteiger partial charge in [-0.1, -0.05) is 19.1 Å². The summed E-state index contributed by atoms with van der Waals surface area (Å²) in [7, 11) is 3.18. The molecule has 1 saturated heterocycles. The van der Waals surface area contributed by atoms with E-state index in [1.165, 1.54) is 5.69 Å². The fourth-order valence-corrected chi connectivity index (χ4v) is 4.00. The van der Waals surface area contributed by atoms with E-state index in [2.05, 4.69) is 61.6 Å². The van der Waals surface area contributed by atoms with Crippen LogP contribution in [0.4, 0.5) is 17.3 Å². The van der Waals surface area contributed by atoms with Crippen LogP contribution in [0.15, 0.2) is 54.9 Å². The van der Waals surface area contributed by atoms with Crippen LogP contribution < -0.4 is 20.3 Å². The Hall–Kier alpha value is -3.91. The molecule has 1 aliphatic heterocycles. The summed E-state index contributed by atoms with van der Waals surface area (Å²) in [6.45, 7) is 7.66. The lowest BCUT2D eigenvalue weighted by Crippen LogP contribution is -2.46. The molecular formula is C27H32N6O2. The molecule has 0 atom stereocenters. The highest BCUT2D eigenvalue weighted by Crippen LogP contribution is 2.22. The third-order valence-electron chi connectivity index (χ3n) is 6.10. The van der Waals surface area contributed by atoms with Gasteiger partial charge in [-0.15, -0.1) is 0 Å². The van der Waals surface area contributed by atoms with Crippen molar-refractivity contribution >= 4 is 35.4 Å². The molecule has 1 aromatic heterocycles. The van der Waals surface area contributed by atoms with Crippen LogP contribution >= 0.6 is 0 Å². The highest BCUT2D eigenvalue weighted by Gasteiger charge is 2.15. The van der Waals surface area contributed by atoms with Gasteiger partial charge in [0.25, 0.3) is 5.91 Å². The number of nitrogens with zero attached hydrogens (tertiary/aromatic N) is 4. The molecule has 2 heterocycles. The van der Waals surface area contributed by atoms with Gasteiger partial charge in [0.15, 0.2) is 0 Å². The molecule has 0 radical (unpaired) electrons. The number of likely N-dealkylation sites (N-methyl/N-ethyl adjacent to an activating group) is 1. The van der Waals surface area contributed by atoms with E-state index >= 15 is 0 Å². The molecule has 2 aromatic carbocycles. The minimum absolute atomic E-state index is 0.163. The van der Waals surface area contributed by atoms with E-state index in [9.17, 15) is 4.79 Å². The summed E-state index contributed by atoms with van der Waals surface area (Å²) in [6.07, 6.45) is 7.32.